The number of likely N-dealkylation sites (tertiary alicyclic amines) is 1. The third kappa shape index (κ3) is 4.90. The van der Waals surface area contributed by atoms with E-state index < -0.39 is 0 Å². The summed E-state index contributed by atoms with van der Waals surface area (Å²) in [6.45, 7) is 5.49. The average Bonchev–Trinajstić information content (AvgIpc) is 3.18. The highest BCUT2D eigenvalue weighted by Crippen LogP contribution is 2.46. The van der Waals surface area contributed by atoms with Gasteiger partial charge in [0.15, 0.2) is 0 Å². The largest absolute Gasteiger partial charge is 0.370 e. The molecule has 3 heterocycles. The molecule has 2 aromatic carbocycles. The normalized spacial score (nSPS) is 19.4. The number of pyridine rings is 1. The van der Waals surface area contributed by atoms with Gasteiger partial charge >= 0.3 is 0 Å². The van der Waals surface area contributed by atoms with Gasteiger partial charge in [-0.1, -0.05) is 60.1 Å². The summed E-state index contributed by atoms with van der Waals surface area (Å²) >= 11 is 6.39. The van der Waals surface area contributed by atoms with E-state index in [-0.39, 0.29) is 11.3 Å². The maximum Gasteiger partial charge on any atom is 0.224 e. The molecule has 2 aliphatic rings. The second-order valence-corrected chi connectivity index (χ2v) is 9.76. The van der Waals surface area contributed by atoms with Crippen LogP contribution in [-0.4, -0.2) is 48.5 Å². The van der Waals surface area contributed by atoms with Gasteiger partial charge in [-0.2, -0.15) is 0 Å². The van der Waals surface area contributed by atoms with Crippen molar-refractivity contribution >= 4 is 23.2 Å². The molecule has 2 fully saturated rings. The van der Waals surface area contributed by atoms with Gasteiger partial charge < -0.3 is 10.2 Å². The zero-order chi connectivity index (χ0) is 22.7. The fourth-order valence-corrected chi connectivity index (χ4v) is 5.47. The number of rotatable bonds is 7. The van der Waals surface area contributed by atoms with Gasteiger partial charge in [0, 0.05) is 62.8 Å². The van der Waals surface area contributed by atoms with Gasteiger partial charge in [-0.05, 0) is 35.2 Å². The molecule has 1 aromatic heterocycles. The van der Waals surface area contributed by atoms with Gasteiger partial charge in [-0.25, -0.2) is 0 Å². The van der Waals surface area contributed by atoms with E-state index >= 15 is 0 Å². The number of aromatic nitrogens is 1. The second-order valence-electron chi connectivity index (χ2n) is 9.35. The van der Waals surface area contributed by atoms with Gasteiger partial charge in [0.25, 0.3) is 0 Å². The summed E-state index contributed by atoms with van der Waals surface area (Å²) in [5.74, 6) is 0.490. The number of carbonyl (C=O) groups excluding carboxylic acids is 1. The third-order valence-electron chi connectivity index (χ3n) is 7.02. The number of nitrogens with zero attached hydrogens (tertiary/aromatic N) is 3. The lowest BCUT2D eigenvalue weighted by Gasteiger charge is -2.52. The molecule has 5 rings (SSSR count). The molecule has 5 nitrogen and oxygen atoms in total. The standard InChI is InChI=1S/C27H29ClN4O/c28-25-15-29-12-11-22(25)16-31-17-23(14-30-26(33)13-21-7-3-1-4-8-21)27(18-31)19-32(20-27)24-9-5-2-6-10-24/h1-12,15,23H,13-14,16-20H2,(H,30,33). The van der Waals surface area contributed by atoms with Crippen molar-refractivity contribution in [3.8, 4) is 0 Å². The first-order valence-corrected chi connectivity index (χ1v) is 11.9. The van der Waals surface area contributed by atoms with Crippen molar-refractivity contribution in [1.82, 2.24) is 15.2 Å². The molecule has 2 saturated heterocycles. The van der Waals surface area contributed by atoms with E-state index in [1.54, 1.807) is 12.4 Å². The highest BCUT2D eigenvalue weighted by Gasteiger charge is 2.53. The molecule has 170 valence electrons. The van der Waals surface area contributed by atoms with Crippen LogP contribution in [0.15, 0.2) is 79.1 Å². The number of hydrogen-bond acceptors (Lipinski definition) is 4. The molecule has 33 heavy (non-hydrogen) atoms. The maximum atomic E-state index is 12.6. The summed E-state index contributed by atoms with van der Waals surface area (Å²) in [5, 5.41) is 3.94. The number of anilines is 1. The zero-order valence-electron chi connectivity index (χ0n) is 18.7. The highest BCUT2D eigenvalue weighted by atomic mass is 35.5. The molecule has 3 aromatic rings. The molecular weight excluding hydrogens is 432 g/mol. The van der Waals surface area contributed by atoms with Crippen molar-refractivity contribution in [2.75, 3.05) is 37.6 Å². The van der Waals surface area contributed by atoms with Crippen molar-refractivity contribution in [2.24, 2.45) is 11.3 Å². The van der Waals surface area contributed by atoms with Gasteiger partial charge in [-0.3, -0.25) is 14.7 Å². The monoisotopic (exact) mass is 460 g/mol. The molecule has 0 saturated carbocycles. The first-order chi connectivity index (χ1) is 16.1. The molecule has 2 aliphatic heterocycles. The minimum absolute atomic E-state index is 0.0891. The Labute approximate surface area is 200 Å². The molecule has 0 radical (unpaired) electrons. The summed E-state index contributed by atoms with van der Waals surface area (Å²) in [6, 6.07) is 22.5. The van der Waals surface area contributed by atoms with Crippen molar-refractivity contribution < 1.29 is 4.79 Å². The smallest absolute Gasteiger partial charge is 0.224 e. The Morgan fingerprint density at radius 3 is 2.48 bits per heavy atom. The summed E-state index contributed by atoms with van der Waals surface area (Å²) in [4.78, 5) is 21.7. The molecule has 1 amide bonds. The minimum atomic E-state index is 0.0891. The Balaban J connectivity index is 1.26. The first kappa shape index (κ1) is 21.9. The van der Waals surface area contributed by atoms with E-state index in [0.717, 1.165) is 43.9 Å². The van der Waals surface area contributed by atoms with Crippen LogP contribution in [0.2, 0.25) is 5.02 Å². The first-order valence-electron chi connectivity index (χ1n) is 11.5. The van der Waals surface area contributed by atoms with E-state index in [4.69, 9.17) is 11.6 Å². The second kappa shape index (κ2) is 9.54. The Bertz CT molecular complexity index is 1090. The summed E-state index contributed by atoms with van der Waals surface area (Å²) in [6.07, 6.45) is 3.94. The van der Waals surface area contributed by atoms with Gasteiger partial charge in [-0.15, -0.1) is 0 Å². The Morgan fingerprint density at radius 2 is 1.76 bits per heavy atom. The molecule has 1 atom stereocenters. The zero-order valence-corrected chi connectivity index (χ0v) is 19.4. The predicted octanol–water partition coefficient (Wildman–Crippen LogP) is 4.03. The van der Waals surface area contributed by atoms with Crippen molar-refractivity contribution in [3.05, 3.63) is 95.3 Å². The Morgan fingerprint density at radius 1 is 1.03 bits per heavy atom. The van der Waals surface area contributed by atoms with Crippen molar-refractivity contribution in [1.29, 1.82) is 0 Å². The lowest BCUT2D eigenvalue weighted by molar-refractivity contribution is -0.120. The number of amides is 1. The quantitative estimate of drug-likeness (QED) is 0.578. The molecule has 1 N–H and O–H groups in total. The van der Waals surface area contributed by atoms with E-state index in [1.807, 2.05) is 36.4 Å². The lowest BCUT2D eigenvalue weighted by Crippen LogP contribution is -2.62. The fraction of sp³-hybridized carbons (Fsp3) is 0.333. The number of benzene rings is 2. The lowest BCUT2D eigenvalue weighted by atomic mass is 9.71. The van der Waals surface area contributed by atoms with Crippen molar-refractivity contribution in [3.63, 3.8) is 0 Å². The SMILES string of the molecule is O=C(Cc1ccccc1)NCC1CN(Cc2ccncc2Cl)CC12CN(c1ccccc1)C2. The number of hydrogen-bond donors (Lipinski definition) is 1. The van der Waals surface area contributed by atoms with Gasteiger partial charge in [0.1, 0.15) is 0 Å². The van der Waals surface area contributed by atoms with Crippen LogP contribution in [0.3, 0.4) is 0 Å². The molecule has 6 heteroatoms. The predicted molar refractivity (Wildman–Crippen MR) is 132 cm³/mol. The maximum absolute atomic E-state index is 12.6. The number of carbonyl (C=O) groups is 1. The number of para-hydroxylation sites is 1. The molecule has 1 spiro atoms. The van der Waals surface area contributed by atoms with Crippen LogP contribution in [0, 0.1) is 11.3 Å². The number of halogens is 1. The van der Waals surface area contributed by atoms with Gasteiger partial charge in [0.2, 0.25) is 5.91 Å². The fourth-order valence-electron chi connectivity index (χ4n) is 5.29. The molecular formula is C27H29ClN4O. The van der Waals surface area contributed by atoms with Crippen LogP contribution in [-0.2, 0) is 17.8 Å². The van der Waals surface area contributed by atoms with Crippen LogP contribution >= 0.6 is 11.6 Å². The average molecular weight is 461 g/mol. The van der Waals surface area contributed by atoms with E-state index in [9.17, 15) is 4.79 Å². The van der Waals surface area contributed by atoms with E-state index in [2.05, 4.69) is 50.4 Å². The minimum Gasteiger partial charge on any atom is -0.370 e. The third-order valence-corrected chi connectivity index (χ3v) is 7.36. The van der Waals surface area contributed by atoms with Crippen LogP contribution in [0.1, 0.15) is 11.1 Å². The van der Waals surface area contributed by atoms with E-state index in [0.29, 0.717) is 23.9 Å². The summed E-state index contributed by atoms with van der Waals surface area (Å²) in [7, 11) is 0. The van der Waals surface area contributed by atoms with Crippen LogP contribution < -0.4 is 10.2 Å². The van der Waals surface area contributed by atoms with Crippen LogP contribution in [0.4, 0.5) is 5.69 Å². The summed E-state index contributed by atoms with van der Waals surface area (Å²) in [5.41, 5.74) is 3.60. The van der Waals surface area contributed by atoms with Crippen LogP contribution in [0.25, 0.3) is 0 Å². The Hall–Kier alpha value is -2.89. The number of nitrogens with one attached hydrogen (secondary N) is 1. The van der Waals surface area contributed by atoms with Gasteiger partial charge in [0.05, 0.1) is 11.4 Å². The summed E-state index contributed by atoms with van der Waals surface area (Å²) < 4.78 is 0. The van der Waals surface area contributed by atoms with Crippen molar-refractivity contribution in [2.45, 2.75) is 13.0 Å². The molecule has 0 aliphatic carbocycles. The van der Waals surface area contributed by atoms with E-state index in [1.165, 1.54) is 5.69 Å². The topological polar surface area (TPSA) is 48.5 Å². The van der Waals surface area contributed by atoms with Crippen LogP contribution in [0.5, 0.6) is 0 Å². The Kier molecular flexibility index (Phi) is 6.34. The molecule has 1 unspecified atom stereocenters. The highest BCUT2D eigenvalue weighted by molar-refractivity contribution is 6.31. The molecule has 0 bridgehead atoms.